The lowest BCUT2D eigenvalue weighted by atomic mass is 9.99. The number of amides is 1. The van der Waals surface area contributed by atoms with Crippen LogP contribution < -0.4 is 11.1 Å². The van der Waals surface area contributed by atoms with Gasteiger partial charge in [-0.15, -0.1) is 12.4 Å². The lowest BCUT2D eigenvalue weighted by molar-refractivity contribution is -0.126. The molecular formula is C15H24ClN3O3S. The number of hydrogen-bond donors (Lipinski definition) is 2. The van der Waals surface area contributed by atoms with Crippen molar-refractivity contribution in [1.29, 1.82) is 0 Å². The second kappa shape index (κ2) is 8.63. The molecule has 0 bridgehead atoms. The first-order chi connectivity index (χ1) is 10.4. The van der Waals surface area contributed by atoms with Gasteiger partial charge in [-0.05, 0) is 37.5 Å². The molecule has 0 spiro atoms. The number of sulfonamides is 1. The predicted octanol–water partition coefficient (Wildman–Crippen LogP) is 0.892. The zero-order valence-electron chi connectivity index (χ0n) is 13.2. The Morgan fingerprint density at radius 1 is 1.43 bits per heavy atom. The molecule has 1 heterocycles. The van der Waals surface area contributed by atoms with Crippen molar-refractivity contribution >= 4 is 28.3 Å². The maximum Gasteiger partial charge on any atom is 0.243 e. The number of hydrogen-bond acceptors (Lipinski definition) is 4. The van der Waals surface area contributed by atoms with Gasteiger partial charge in [-0.25, -0.2) is 8.42 Å². The molecule has 0 aliphatic carbocycles. The third kappa shape index (κ3) is 4.91. The first-order valence-corrected chi connectivity index (χ1v) is 8.94. The summed E-state index contributed by atoms with van der Waals surface area (Å²) in [6.45, 7) is 3.34. The van der Waals surface area contributed by atoms with Gasteiger partial charge in [-0.1, -0.05) is 12.1 Å². The van der Waals surface area contributed by atoms with Crippen LogP contribution in [-0.4, -0.2) is 44.8 Å². The maximum absolute atomic E-state index is 12.7. The van der Waals surface area contributed by atoms with Gasteiger partial charge in [0.05, 0.1) is 10.8 Å². The van der Waals surface area contributed by atoms with Crippen molar-refractivity contribution in [2.75, 3.05) is 26.2 Å². The van der Waals surface area contributed by atoms with Crippen LogP contribution in [0.1, 0.15) is 18.4 Å². The highest BCUT2D eigenvalue weighted by atomic mass is 35.5. The van der Waals surface area contributed by atoms with Gasteiger partial charge in [-0.3, -0.25) is 4.79 Å². The third-order valence-corrected chi connectivity index (χ3v) is 5.69. The molecule has 3 N–H and O–H groups in total. The quantitative estimate of drug-likeness (QED) is 0.814. The molecule has 1 aromatic rings. The first kappa shape index (κ1) is 19.9. The molecule has 1 atom stereocenters. The third-order valence-electron chi connectivity index (χ3n) is 3.83. The molecule has 1 unspecified atom stereocenters. The number of nitrogens with one attached hydrogen (secondary N) is 1. The molecule has 1 amide bonds. The van der Waals surface area contributed by atoms with Gasteiger partial charge < -0.3 is 11.1 Å². The van der Waals surface area contributed by atoms with Crippen molar-refractivity contribution in [3.63, 3.8) is 0 Å². The van der Waals surface area contributed by atoms with Crippen LogP contribution in [0.15, 0.2) is 29.2 Å². The summed E-state index contributed by atoms with van der Waals surface area (Å²) in [6.07, 6.45) is 1.39. The Morgan fingerprint density at radius 2 is 2.17 bits per heavy atom. The van der Waals surface area contributed by atoms with E-state index in [4.69, 9.17) is 5.73 Å². The number of nitrogens with zero attached hydrogens (tertiary/aromatic N) is 1. The van der Waals surface area contributed by atoms with Crippen LogP contribution in [0.4, 0.5) is 0 Å². The van der Waals surface area contributed by atoms with E-state index in [1.165, 1.54) is 4.31 Å². The number of carbonyl (C=O) groups is 1. The normalized spacial score (nSPS) is 19.0. The second-order valence-corrected chi connectivity index (χ2v) is 7.54. The summed E-state index contributed by atoms with van der Waals surface area (Å²) in [5.41, 5.74) is 6.27. The molecule has 1 saturated heterocycles. The van der Waals surface area contributed by atoms with Crippen LogP contribution >= 0.6 is 12.4 Å². The number of nitrogens with two attached hydrogens (primary N) is 1. The van der Waals surface area contributed by atoms with Crippen molar-refractivity contribution in [3.8, 4) is 0 Å². The summed E-state index contributed by atoms with van der Waals surface area (Å²) in [5, 5.41) is 2.74. The molecule has 23 heavy (non-hydrogen) atoms. The molecule has 1 fully saturated rings. The van der Waals surface area contributed by atoms with Crippen molar-refractivity contribution in [2.24, 2.45) is 11.7 Å². The highest BCUT2D eigenvalue weighted by Crippen LogP contribution is 2.24. The van der Waals surface area contributed by atoms with Crippen molar-refractivity contribution in [2.45, 2.75) is 24.7 Å². The van der Waals surface area contributed by atoms with E-state index in [1.54, 1.807) is 18.2 Å². The van der Waals surface area contributed by atoms with E-state index in [9.17, 15) is 13.2 Å². The first-order valence-electron chi connectivity index (χ1n) is 7.49. The molecule has 0 saturated carbocycles. The molecule has 0 aromatic heterocycles. The van der Waals surface area contributed by atoms with Gasteiger partial charge in [-0.2, -0.15) is 4.31 Å². The Balaban J connectivity index is 0.00000264. The molecule has 0 radical (unpaired) electrons. The Hall–Kier alpha value is -1.15. The van der Waals surface area contributed by atoms with E-state index < -0.39 is 10.0 Å². The predicted molar refractivity (Wildman–Crippen MR) is 92.0 cm³/mol. The number of halogens is 1. The van der Waals surface area contributed by atoms with Crippen molar-refractivity contribution in [3.05, 3.63) is 29.8 Å². The van der Waals surface area contributed by atoms with Crippen LogP contribution in [0.5, 0.6) is 0 Å². The molecule has 1 aromatic carbocycles. The van der Waals surface area contributed by atoms with Crippen LogP contribution in [0, 0.1) is 12.8 Å². The highest BCUT2D eigenvalue weighted by molar-refractivity contribution is 7.89. The second-order valence-electron chi connectivity index (χ2n) is 5.60. The number of aryl methyl sites for hydroxylation is 1. The Labute approximate surface area is 143 Å². The summed E-state index contributed by atoms with van der Waals surface area (Å²) in [6, 6.07) is 6.85. The van der Waals surface area contributed by atoms with Gasteiger partial charge in [0.2, 0.25) is 15.9 Å². The van der Waals surface area contributed by atoms with Crippen molar-refractivity contribution in [1.82, 2.24) is 9.62 Å². The maximum atomic E-state index is 12.7. The average molecular weight is 362 g/mol. The van der Waals surface area contributed by atoms with Gasteiger partial charge in [0.25, 0.3) is 0 Å². The van der Waals surface area contributed by atoms with Gasteiger partial charge in [0.15, 0.2) is 0 Å². The molecular weight excluding hydrogens is 338 g/mol. The van der Waals surface area contributed by atoms with Gasteiger partial charge in [0, 0.05) is 26.2 Å². The highest BCUT2D eigenvalue weighted by Gasteiger charge is 2.33. The average Bonchev–Trinajstić information content (AvgIpc) is 2.52. The minimum absolute atomic E-state index is 0. The SMILES string of the molecule is Cc1cccc(S(=O)(=O)N2CCCC(C(=O)NCCN)C2)c1.Cl. The van der Waals surface area contributed by atoms with Crippen molar-refractivity contribution < 1.29 is 13.2 Å². The minimum Gasteiger partial charge on any atom is -0.355 e. The van der Waals surface area contributed by atoms with E-state index in [1.807, 2.05) is 13.0 Å². The summed E-state index contributed by atoms with van der Waals surface area (Å²) >= 11 is 0. The molecule has 130 valence electrons. The minimum atomic E-state index is -3.54. The van der Waals surface area contributed by atoms with Gasteiger partial charge in [0.1, 0.15) is 0 Å². The van der Waals surface area contributed by atoms with Crippen LogP contribution in [0.25, 0.3) is 0 Å². The van der Waals surface area contributed by atoms with Gasteiger partial charge >= 0.3 is 0 Å². The molecule has 1 aliphatic rings. The lowest BCUT2D eigenvalue weighted by Gasteiger charge is -2.31. The standard InChI is InChI=1S/C15H23N3O3S.ClH/c1-12-4-2-6-14(10-12)22(20,21)18-9-3-5-13(11-18)15(19)17-8-7-16;/h2,4,6,10,13H,3,5,7-9,11,16H2,1H3,(H,17,19);1H. The van der Waals surface area contributed by atoms with E-state index in [0.717, 1.165) is 5.56 Å². The van der Waals surface area contributed by atoms with E-state index >= 15 is 0 Å². The molecule has 6 nitrogen and oxygen atoms in total. The smallest absolute Gasteiger partial charge is 0.243 e. The van der Waals surface area contributed by atoms with E-state index in [-0.39, 0.29) is 35.7 Å². The number of piperidine rings is 1. The van der Waals surface area contributed by atoms with E-state index in [2.05, 4.69) is 5.32 Å². The fourth-order valence-corrected chi connectivity index (χ4v) is 4.27. The van der Waals surface area contributed by atoms with Crippen LogP contribution in [0.3, 0.4) is 0 Å². The largest absolute Gasteiger partial charge is 0.355 e. The summed E-state index contributed by atoms with van der Waals surface area (Å²) in [7, 11) is -3.54. The zero-order chi connectivity index (χ0) is 16.2. The molecule has 2 rings (SSSR count). The summed E-state index contributed by atoms with van der Waals surface area (Å²) in [5.74, 6) is -0.422. The Bertz CT molecular complexity index is 637. The van der Waals surface area contributed by atoms with Crippen LogP contribution in [-0.2, 0) is 14.8 Å². The molecule has 8 heteroatoms. The number of benzene rings is 1. The molecule has 1 aliphatic heterocycles. The number of carbonyl (C=O) groups excluding carboxylic acids is 1. The lowest BCUT2D eigenvalue weighted by Crippen LogP contribution is -2.46. The fraction of sp³-hybridized carbons (Fsp3) is 0.533. The summed E-state index contributed by atoms with van der Waals surface area (Å²) in [4.78, 5) is 12.3. The topological polar surface area (TPSA) is 92.5 Å². The van der Waals surface area contributed by atoms with E-state index in [0.29, 0.717) is 32.5 Å². The monoisotopic (exact) mass is 361 g/mol. The zero-order valence-corrected chi connectivity index (χ0v) is 14.8. The van der Waals surface area contributed by atoms with Crippen LogP contribution in [0.2, 0.25) is 0 Å². The summed E-state index contributed by atoms with van der Waals surface area (Å²) < 4.78 is 26.8. The Kier molecular flexibility index (Phi) is 7.47. The fourth-order valence-electron chi connectivity index (χ4n) is 2.64. The number of rotatable bonds is 5. The Morgan fingerprint density at radius 3 is 2.83 bits per heavy atom.